The number of nitrogens with zero attached hydrogens (tertiary/aromatic N) is 1. The molecule has 2 rings (SSSR count). The molecular formula is C13H16FN3O. The van der Waals surface area contributed by atoms with Gasteiger partial charge in [-0.3, -0.25) is 0 Å². The second kappa shape index (κ2) is 5.18. The molecule has 0 bridgehead atoms. The van der Waals surface area contributed by atoms with E-state index < -0.39 is 0 Å². The summed E-state index contributed by atoms with van der Waals surface area (Å²) < 4.78 is 18.5. The molecule has 0 fully saturated rings. The van der Waals surface area contributed by atoms with Gasteiger partial charge >= 0.3 is 0 Å². The normalized spacial score (nSPS) is 12.4. The van der Waals surface area contributed by atoms with Crippen molar-refractivity contribution < 1.29 is 9.13 Å². The fourth-order valence-corrected chi connectivity index (χ4v) is 1.73. The van der Waals surface area contributed by atoms with Gasteiger partial charge in [0.1, 0.15) is 17.4 Å². The molecule has 0 radical (unpaired) electrons. The zero-order valence-corrected chi connectivity index (χ0v) is 10.4. The highest BCUT2D eigenvalue weighted by molar-refractivity contribution is 5.66. The predicted molar refractivity (Wildman–Crippen MR) is 68.0 cm³/mol. The SMILES string of the molecule is COc1ccc(F)cc1-c1cnc(C(C)CN)[nH]1. The Balaban J connectivity index is 2.42. The number of hydrogen-bond donors (Lipinski definition) is 2. The number of hydrogen-bond acceptors (Lipinski definition) is 3. The van der Waals surface area contributed by atoms with Crippen molar-refractivity contribution in [3.8, 4) is 17.0 Å². The van der Waals surface area contributed by atoms with Crippen molar-refractivity contribution >= 4 is 0 Å². The lowest BCUT2D eigenvalue weighted by Gasteiger charge is -2.07. The van der Waals surface area contributed by atoms with Crippen molar-refractivity contribution in [2.75, 3.05) is 13.7 Å². The quantitative estimate of drug-likeness (QED) is 0.873. The predicted octanol–water partition coefficient (Wildman–Crippen LogP) is 2.29. The molecule has 4 nitrogen and oxygen atoms in total. The van der Waals surface area contributed by atoms with Crippen LogP contribution < -0.4 is 10.5 Å². The third kappa shape index (κ3) is 2.36. The molecule has 0 saturated carbocycles. The van der Waals surface area contributed by atoms with E-state index in [1.165, 1.54) is 12.1 Å². The molecule has 0 amide bonds. The van der Waals surface area contributed by atoms with Crippen molar-refractivity contribution in [3.63, 3.8) is 0 Å². The molecule has 2 aromatic rings. The minimum absolute atomic E-state index is 0.137. The van der Waals surface area contributed by atoms with Crippen molar-refractivity contribution in [2.45, 2.75) is 12.8 Å². The van der Waals surface area contributed by atoms with Gasteiger partial charge in [-0.15, -0.1) is 0 Å². The Kier molecular flexibility index (Phi) is 3.62. The number of benzene rings is 1. The highest BCUT2D eigenvalue weighted by Crippen LogP contribution is 2.30. The second-order valence-corrected chi connectivity index (χ2v) is 4.16. The van der Waals surface area contributed by atoms with Gasteiger partial charge < -0.3 is 15.5 Å². The number of nitrogens with one attached hydrogen (secondary N) is 1. The lowest BCUT2D eigenvalue weighted by atomic mass is 10.1. The Hall–Kier alpha value is -1.88. The fourth-order valence-electron chi connectivity index (χ4n) is 1.73. The molecule has 0 aliphatic carbocycles. The molecule has 0 saturated heterocycles. The Morgan fingerprint density at radius 2 is 2.28 bits per heavy atom. The molecule has 0 aliphatic heterocycles. The number of aromatic amines is 1. The average molecular weight is 249 g/mol. The summed E-state index contributed by atoms with van der Waals surface area (Å²) in [7, 11) is 1.55. The lowest BCUT2D eigenvalue weighted by molar-refractivity contribution is 0.415. The Morgan fingerprint density at radius 3 is 2.94 bits per heavy atom. The van der Waals surface area contributed by atoms with E-state index in [0.29, 0.717) is 17.9 Å². The second-order valence-electron chi connectivity index (χ2n) is 4.16. The Labute approximate surface area is 105 Å². The maximum Gasteiger partial charge on any atom is 0.128 e. The molecular weight excluding hydrogens is 233 g/mol. The first kappa shape index (κ1) is 12.6. The number of imidazole rings is 1. The van der Waals surface area contributed by atoms with E-state index in [-0.39, 0.29) is 11.7 Å². The van der Waals surface area contributed by atoms with Crippen LogP contribution in [0.15, 0.2) is 24.4 Å². The summed E-state index contributed by atoms with van der Waals surface area (Å²) in [6, 6.07) is 4.38. The van der Waals surface area contributed by atoms with Crippen LogP contribution in [-0.4, -0.2) is 23.6 Å². The van der Waals surface area contributed by atoms with Crippen LogP contribution in [0, 0.1) is 5.82 Å². The number of methoxy groups -OCH3 is 1. The van der Waals surface area contributed by atoms with Gasteiger partial charge in [0.15, 0.2) is 0 Å². The number of ether oxygens (including phenoxy) is 1. The van der Waals surface area contributed by atoms with Crippen LogP contribution in [0.4, 0.5) is 4.39 Å². The van der Waals surface area contributed by atoms with Crippen LogP contribution in [0.2, 0.25) is 0 Å². The molecule has 0 aliphatic rings. The van der Waals surface area contributed by atoms with E-state index in [2.05, 4.69) is 9.97 Å². The van der Waals surface area contributed by atoms with E-state index in [4.69, 9.17) is 10.5 Å². The number of nitrogens with two attached hydrogens (primary N) is 1. The first-order valence-corrected chi connectivity index (χ1v) is 5.74. The lowest BCUT2D eigenvalue weighted by Crippen LogP contribution is -2.10. The summed E-state index contributed by atoms with van der Waals surface area (Å²) in [6.45, 7) is 2.48. The van der Waals surface area contributed by atoms with Crippen LogP contribution in [0.5, 0.6) is 5.75 Å². The minimum Gasteiger partial charge on any atom is -0.496 e. The van der Waals surface area contributed by atoms with Gasteiger partial charge in [0.2, 0.25) is 0 Å². The summed E-state index contributed by atoms with van der Waals surface area (Å²) in [5, 5.41) is 0. The topological polar surface area (TPSA) is 63.9 Å². The van der Waals surface area contributed by atoms with E-state index in [1.54, 1.807) is 19.4 Å². The van der Waals surface area contributed by atoms with E-state index in [1.807, 2.05) is 6.92 Å². The third-order valence-corrected chi connectivity index (χ3v) is 2.87. The fraction of sp³-hybridized carbons (Fsp3) is 0.308. The van der Waals surface area contributed by atoms with Gasteiger partial charge in [-0.05, 0) is 18.2 Å². The van der Waals surface area contributed by atoms with Crippen LogP contribution in [-0.2, 0) is 0 Å². The van der Waals surface area contributed by atoms with Gasteiger partial charge in [-0.1, -0.05) is 6.92 Å². The Bertz CT molecular complexity index is 539. The van der Waals surface area contributed by atoms with Crippen LogP contribution in [0.25, 0.3) is 11.3 Å². The van der Waals surface area contributed by atoms with Crippen LogP contribution in [0.1, 0.15) is 18.7 Å². The molecule has 0 spiro atoms. The summed E-state index contributed by atoms with van der Waals surface area (Å²) >= 11 is 0. The van der Waals surface area contributed by atoms with Crippen molar-refractivity contribution in [2.24, 2.45) is 5.73 Å². The maximum atomic E-state index is 13.3. The third-order valence-electron chi connectivity index (χ3n) is 2.87. The Morgan fingerprint density at radius 1 is 1.50 bits per heavy atom. The molecule has 1 aromatic heterocycles. The molecule has 1 aromatic carbocycles. The van der Waals surface area contributed by atoms with Crippen LogP contribution in [0.3, 0.4) is 0 Å². The van der Waals surface area contributed by atoms with Crippen molar-refractivity contribution in [1.82, 2.24) is 9.97 Å². The molecule has 3 N–H and O–H groups in total. The summed E-state index contributed by atoms with van der Waals surface area (Å²) in [5.41, 5.74) is 6.96. The van der Waals surface area contributed by atoms with Gasteiger partial charge in [0.25, 0.3) is 0 Å². The van der Waals surface area contributed by atoms with Gasteiger partial charge in [0, 0.05) is 18.0 Å². The zero-order valence-electron chi connectivity index (χ0n) is 10.4. The zero-order chi connectivity index (χ0) is 13.1. The monoisotopic (exact) mass is 249 g/mol. The maximum absolute atomic E-state index is 13.3. The molecule has 96 valence electrons. The average Bonchev–Trinajstić information content (AvgIpc) is 2.87. The highest BCUT2D eigenvalue weighted by atomic mass is 19.1. The number of rotatable bonds is 4. The summed E-state index contributed by atoms with van der Waals surface area (Å²) in [6.07, 6.45) is 1.67. The smallest absolute Gasteiger partial charge is 0.128 e. The first-order valence-electron chi connectivity index (χ1n) is 5.74. The minimum atomic E-state index is -0.311. The number of H-pyrrole nitrogens is 1. The highest BCUT2D eigenvalue weighted by Gasteiger charge is 2.12. The van der Waals surface area contributed by atoms with Crippen LogP contribution >= 0.6 is 0 Å². The largest absolute Gasteiger partial charge is 0.496 e. The molecule has 1 atom stereocenters. The summed E-state index contributed by atoms with van der Waals surface area (Å²) in [5.74, 6) is 1.22. The first-order chi connectivity index (χ1) is 8.65. The summed E-state index contributed by atoms with van der Waals surface area (Å²) in [4.78, 5) is 7.40. The number of halogens is 1. The van der Waals surface area contributed by atoms with E-state index in [0.717, 1.165) is 11.5 Å². The number of aromatic nitrogens is 2. The standard InChI is InChI=1S/C13H16FN3O/c1-8(6-15)13-16-7-11(17-13)10-5-9(14)3-4-12(10)18-2/h3-5,7-8H,6,15H2,1-2H3,(H,16,17). The molecule has 1 unspecified atom stereocenters. The van der Waals surface area contributed by atoms with E-state index >= 15 is 0 Å². The molecule has 18 heavy (non-hydrogen) atoms. The van der Waals surface area contributed by atoms with Crippen molar-refractivity contribution in [3.05, 3.63) is 36.0 Å². The van der Waals surface area contributed by atoms with E-state index in [9.17, 15) is 4.39 Å². The van der Waals surface area contributed by atoms with Gasteiger partial charge in [-0.25, -0.2) is 9.37 Å². The van der Waals surface area contributed by atoms with Gasteiger partial charge in [-0.2, -0.15) is 0 Å². The van der Waals surface area contributed by atoms with Crippen molar-refractivity contribution in [1.29, 1.82) is 0 Å². The molecule has 5 heteroatoms. The van der Waals surface area contributed by atoms with Gasteiger partial charge in [0.05, 0.1) is 19.0 Å². The molecule has 1 heterocycles.